The van der Waals surface area contributed by atoms with Gasteiger partial charge >= 0.3 is 0 Å². The molecule has 2 atom stereocenters. The van der Waals surface area contributed by atoms with Crippen LogP contribution in [0.2, 0.25) is 18.1 Å². The maximum atomic E-state index is 13.0. The van der Waals surface area contributed by atoms with Gasteiger partial charge in [0.2, 0.25) is 0 Å². The van der Waals surface area contributed by atoms with Gasteiger partial charge < -0.3 is 9.33 Å². The molecule has 1 heterocycles. The van der Waals surface area contributed by atoms with E-state index in [0.717, 1.165) is 5.56 Å². The molecule has 1 aliphatic heterocycles. The van der Waals surface area contributed by atoms with Gasteiger partial charge in [-0.15, -0.1) is 0 Å². The highest BCUT2D eigenvalue weighted by atomic mass is 28.4. The Morgan fingerprint density at radius 2 is 1.86 bits per heavy atom. The summed E-state index contributed by atoms with van der Waals surface area (Å²) in [6, 6.07) is 9.32. The number of rotatable bonds is 6. The number of ketones is 1. The van der Waals surface area contributed by atoms with Gasteiger partial charge in [0.15, 0.2) is 14.1 Å². The van der Waals surface area contributed by atoms with Gasteiger partial charge in [-0.1, -0.05) is 76.8 Å². The normalized spacial score (nSPS) is 20.3. The van der Waals surface area contributed by atoms with Crippen molar-refractivity contribution in [1.82, 2.24) is 4.90 Å². The van der Waals surface area contributed by atoms with E-state index in [2.05, 4.69) is 40.4 Å². The highest BCUT2D eigenvalue weighted by Gasteiger charge is 2.45. The SMILES string of the molecule is C=C(CC)C(=O)N1C=CC(=O)[C@@H](O[Si](C)(C)C(C)(C)C)[C@H]1/C=C/c1ccccc1. The summed E-state index contributed by atoms with van der Waals surface area (Å²) in [7, 11) is -2.23. The second kappa shape index (κ2) is 9.05. The molecule has 5 heteroatoms. The van der Waals surface area contributed by atoms with E-state index in [4.69, 9.17) is 4.43 Å². The first kappa shape index (κ1) is 23.0. The quantitative estimate of drug-likeness (QED) is 0.468. The van der Waals surface area contributed by atoms with Gasteiger partial charge in [0, 0.05) is 17.8 Å². The molecule has 156 valence electrons. The van der Waals surface area contributed by atoms with Gasteiger partial charge in [-0.3, -0.25) is 9.59 Å². The van der Waals surface area contributed by atoms with Crippen molar-refractivity contribution < 1.29 is 14.0 Å². The van der Waals surface area contributed by atoms with Crippen molar-refractivity contribution in [3.05, 3.63) is 66.4 Å². The molecule has 0 spiro atoms. The third-order valence-corrected chi connectivity index (χ3v) is 10.2. The second-order valence-electron chi connectivity index (χ2n) is 8.95. The summed E-state index contributed by atoms with van der Waals surface area (Å²) >= 11 is 0. The number of benzene rings is 1. The number of amides is 1. The van der Waals surface area contributed by atoms with Crippen molar-refractivity contribution in [3.8, 4) is 0 Å². The van der Waals surface area contributed by atoms with Crippen LogP contribution in [0.1, 0.15) is 39.7 Å². The van der Waals surface area contributed by atoms with Crippen LogP contribution in [0.3, 0.4) is 0 Å². The molecule has 2 rings (SSSR count). The lowest BCUT2D eigenvalue weighted by molar-refractivity contribution is -0.132. The molecule has 0 N–H and O–H groups in total. The first-order chi connectivity index (χ1) is 13.5. The van der Waals surface area contributed by atoms with Crippen LogP contribution in [0.25, 0.3) is 6.08 Å². The van der Waals surface area contributed by atoms with Gasteiger partial charge in [-0.2, -0.15) is 0 Å². The zero-order valence-corrected chi connectivity index (χ0v) is 19.4. The Bertz CT molecular complexity index is 818. The first-order valence-electron chi connectivity index (χ1n) is 10.1. The minimum Gasteiger partial charge on any atom is -0.404 e. The molecule has 0 bridgehead atoms. The summed E-state index contributed by atoms with van der Waals surface area (Å²) in [6.07, 6.45) is 6.68. The first-order valence-corrected chi connectivity index (χ1v) is 13.0. The zero-order chi connectivity index (χ0) is 21.8. The third-order valence-electron chi connectivity index (χ3n) is 5.79. The van der Waals surface area contributed by atoms with Crippen LogP contribution in [0.5, 0.6) is 0 Å². The number of hydrogen-bond donors (Lipinski definition) is 0. The van der Waals surface area contributed by atoms with Crippen LogP contribution in [0.15, 0.2) is 60.8 Å². The molecule has 0 fully saturated rings. The topological polar surface area (TPSA) is 46.6 Å². The highest BCUT2D eigenvalue weighted by molar-refractivity contribution is 6.74. The highest BCUT2D eigenvalue weighted by Crippen LogP contribution is 2.38. The van der Waals surface area contributed by atoms with Gasteiger partial charge in [0.25, 0.3) is 5.91 Å². The Balaban J connectivity index is 2.46. The van der Waals surface area contributed by atoms with Crippen molar-refractivity contribution >= 4 is 26.1 Å². The fourth-order valence-corrected chi connectivity index (χ4v) is 4.03. The fourth-order valence-electron chi connectivity index (χ4n) is 2.79. The summed E-state index contributed by atoms with van der Waals surface area (Å²) in [5, 5.41) is -0.0516. The van der Waals surface area contributed by atoms with E-state index >= 15 is 0 Å². The number of nitrogens with zero attached hydrogens (tertiary/aromatic N) is 1. The molecule has 1 aromatic carbocycles. The molecular formula is C24H33NO3Si. The van der Waals surface area contributed by atoms with Gasteiger partial charge in [0.05, 0.1) is 6.04 Å². The Morgan fingerprint density at radius 3 is 2.41 bits per heavy atom. The van der Waals surface area contributed by atoms with Crippen molar-refractivity contribution in [2.75, 3.05) is 0 Å². The Labute approximate surface area is 176 Å². The summed E-state index contributed by atoms with van der Waals surface area (Å²) < 4.78 is 6.51. The van der Waals surface area contributed by atoms with Crippen molar-refractivity contribution in [3.63, 3.8) is 0 Å². The molecule has 1 aliphatic rings. The molecule has 29 heavy (non-hydrogen) atoms. The minimum absolute atomic E-state index is 0.0516. The molecule has 1 amide bonds. The largest absolute Gasteiger partial charge is 0.404 e. The van der Waals surface area contributed by atoms with Crippen molar-refractivity contribution in [2.24, 2.45) is 0 Å². The average Bonchev–Trinajstić information content (AvgIpc) is 2.67. The van der Waals surface area contributed by atoms with E-state index in [9.17, 15) is 9.59 Å². The van der Waals surface area contributed by atoms with Crippen LogP contribution in [0.4, 0.5) is 0 Å². The predicted octanol–water partition coefficient (Wildman–Crippen LogP) is 5.35. The summed E-state index contributed by atoms with van der Waals surface area (Å²) in [5.41, 5.74) is 1.51. The van der Waals surface area contributed by atoms with E-state index in [-0.39, 0.29) is 16.7 Å². The second-order valence-corrected chi connectivity index (χ2v) is 13.7. The van der Waals surface area contributed by atoms with Gasteiger partial charge in [-0.05, 0) is 30.1 Å². The molecular weight excluding hydrogens is 378 g/mol. The zero-order valence-electron chi connectivity index (χ0n) is 18.4. The van der Waals surface area contributed by atoms with Crippen LogP contribution in [0, 0.1) is 0 Å². The summed E-state index contributed by atoms with van der Waals surface area (Å²) in [5.74, 6) is -0.286. The lowest BCUT2D eigenvalue weighted by atomic mass is 9.99. The number of carbonyl (C=O) groups excluding carboxylic acids is 2. The third kappa shape index (κ3) is 5.43. The lowest BCUT2D eigenvalue weighted by Gasteiger charge is -2.43. The van der Waals surface area contributed by atoms with E-state index in [1.54, 1.807) is 11.1 Å². The monoisotopic (exact) mass is 411 g/mol. The molecule has 0 radical (unpaired) electrons. The molecule has 0 unspecified atom stereocenters. The van der Waals surface area contributed by atoms with Gasteiger partial charge in [0.1, 0.15) is 6.10 Å². The minimum atomic E-state index is -2.23. The summed E-state index contributed by atoms with van der Waals surface area (Å²) in [4.78, 5) is 27.4. The molecule has 0 saturated carbocycles. The molecule has 0 aromatic heterocycles. The smallest absolute Gasteiger partial charge is 0.253 e. The Morgan fingerprint density at radius 1 is 1.24 bits per heavy atom. The molecule has 0 saturated heterocycles. The maximum Gasteiger partial charge on any atom is 0.253 e. The average molecular weight is 412 g/mol. The van der Waals surface area contributed by atoms with Gasteiger partial charge in [-0.25, -0.2) is 0 Å². The van der Waals surface area contributed by atoms with E-state index in [0.29, 0.717) is 12.0 Å². The van der Waals surface area contributed by atoms with Crippen molar-refractivity contribution in [2.45, 2.75) is 64.4 Å². The number of carbonyl (C=O) groups is 2. The van der Waals surface area contributed by atoms with Crippen LogP contribution in [-0.2, 0) is 14.0 Å². The summed E-state index contributed by atoms with van der Waals surface area (Å²) in [6.45, 7) is 16.4. The Hall–Kier alpha value is -2.24. The Kier molecular flexibility index (Phi) is 7.19. The fraction of sp³-hybridized carbons (Fsp3) is 0.417. The standard InChI is InChI=1S/C24H33NO3Si/c1-8-18(2)23(27)25-17-16-21(26)22(28-29(6,7)24(3,4)5)20(25)15-14-19-12-10-9-11-13-19/h9-17,20,22H,2,8H2,1,3-7H3/b15-14+/t20-,22+/m1/s1. The molecule has 4 nitrogen and oxygen atoms in total. The van der Waals surface area contributed by atoms with Crippen molar-refractivity contribution in [1.29, 1.82) is 0 Å². The molecule has 1 aromatic rings. The predicted molar refractivity (Wildman–Crippen MR) is 122 cm³/mol. The lowest BCUT2D eigenvalue weighted by Crippen LogP contribution is -2.55. The van der Waals surface area contributed by atoms with Crippen LogP contribution >= 0.6 is 0 Å². The molecule has 0 aliphatic carbocycles. The number of hydrogen-bond acceptors (Lipinski definition) is 3. The van der Waals surface area contributed by atoms with E-state index in [1.165, 1.54) is 6.08 Å². The van der Waals surface area contributed by atoms with Crippen LogP contribution in [-0.4, -0.2) is 37.1 Å². The van der Waals surface area contributed by atoms with E-state index in [1.807, 2.05) is 49.4 Å². The van der Waals surface area contributed by atoms with E-state index < -0.39 is 20.5 Å². The maximum absolute atomic E-state index is 13.0. The van der Waals surface area contributed by atoms with Crippen LogP contribution < -0.4 is 0 Å².